The van der Waals surface area contributed by atoms with Crippen LogP contribution in [0.3, 0.4) is 0 Å². The van der Waals surface area contributed by atoms with E-state index in [4.69, 9.17) is 0 Å². The predicted octanol–water partition coefficient (Wildman–Crippen LogP) is 3.76. The summed E-state index contributed by atoms with van der Waals surface area (Å²) in [6.07, 6.45) is -4.52. The van der Waals surface area contributed by atoms with E-state index in [2.05, 4.69) is 10.6 Å². The molecule has 22 heavy (non-hydrogen) atoms. The predicted molar refractivity (Wildman–Crippen MR) is 73.9 cm³/mol. The SMILES string of the molecule is O=C(Nc1cccc(C(F)(F)F)c1)Nc1cc(O)ccc1O. The molecule has 0 fully saturated rings. The highest BCUT2D eigenvalue weighted by atomic mass is 19.4. The molecule has 0 radical (unpaired) electrons. The quantitative estimate of drug-likeness (QED) is 0.503. The molecule has 2 amide bonds. The van der Waals surface area contributed by atoms with Crippen LogP contribution in [-0.4, -0.2) is 16.2 Å². The molecule has 2 rings (SSSR count). The molecule has 0 saturated heterocycles. The topological polar surface area (TPSA) is 81.6 Å². The number of hydrogen-bond donors (Lipinski definition) is 4. The summed E-state index contributed by atoms with van der Waals surface area (Å²) < 4.78 is 37.7. The molecule has 0 aliphatic carbocycles. The van der Waals surface area contributed by atoms with Gasteiger partial charge in [0.1, 0.15) is 11.5 Å². The molecule has 8 heteroatoms. The van der Waals surface area contributed by atoms with Crippen molar-refractivity contribution in [3.63, 3.8) is 0 Å². The second kappa shape index (κ2) is 5.84. The van der Waals surface area contributed by atoms with Gasteiger partial charge in [-0.15, -0.1) is 0 Å². The summed E-state index contributed by atoms with van der Waals surface area (Å²) in [5, 5.41) is 23.2. The lowest BCUT2D eigenvalue weighted by atomic mass is 10.2. The molecule has 0 aliphatic heterocycles. The first-order valence-electron chi connectivity index (χ1n) is 6.03. The third-order valence-electron chi connectivity index (χ3n) is 2.68. The lowest BCUT2D eigenvalue weighted by Gasteiger charge is -2.11. The van der Waals surface area contributed by atoms with Gasteiger partial charge < -0.3 is 20.8 Å². The fraction of sp³-hybridized carbons (Fsp3) is 0.0714. The van der Waals surface area contributed by atoms with Crippen LogP contribution in [0.25, 0.3) is 0 Å². The number of nitrogens with one attached hydrogen (secondary N) is 2. The molecular weight excluding hydrogens is 301 g/mol. The Hall–Kier alpha value is -2.90. The number of phenolic OH excluding ortho intramolecular Hbond substituents is 2. The molecule has 0 atom stereocenters. The Balaban J connectivity index is 2.11. The summed E-state index contributed by atoms with van der Waals surface area (Å²) in [6, 6.07) is 6.72. The van der Waals surface area contributed by atoms with E-state index in [1.807, 2.05) is 0 Å². The van der Waals surface area contributed by atoms with Crippen LogP contribution in [0.4, 0.5) is 29.3 Å². The Morgan fingerprint density at radius 1 is 1.00 bits per heavy atom. The van der Waals surface area contributed by atoms with Crippen molar-refractivity contribution in [3.8, 4) is 11.5 Å². The number of aromatic hydroxyl groups is 2. The number of urea groups is 1. The lowest BCUT2D eigenvalue weighted by molar-refractivity contribution is -0.137. The highest BCUT2D eigenvalue weighted by Gasteiger charge is 2.30. The number of carbonyl (C=O) groups excluding carboxylic acids is 1. The van der Waals surface area contributed by atoms with Gasteiger partial charge in [0.05, 0.1) is 11.3 Å². The molecule has 4 N–H and O–H groups in total. The summed E-state index contributed by atoms with van der Waals surface area (Å²) in [5.41, 5.74) is -1.04. The van der Waals surface area contributed by atoms with Crippen molar-refractivity contribution in [1.82, 2.24) is 0 Å². The summed E-state index contributed by atoms with van der Waals surface area (Å²) in [5.74, 6) is -0.482. The van der Waals surface area contributed by atoms with Crippen LogP contribution in [0, 0.1) is 0 Å². The molecule has 0 heterocycles. The van der Waals surface area contributed by atoms with Crippen LogP contribution < -0.4 is 10.6 Å². The third kappa shape index (κ3) is 3.81. The molecule has 0 bridgehead atoms. The van der Waals surface area contributed by atoms with Crippen molar-refractivity contribution < 1.29 is 28.2 Å². The first-order valence-corrected chi connectivity index (χ1v) is 6.03. The second-order valence-electron chi connectivity index (χ2n) is 4.36. The third-order valence-corrected chi connectivity index (χ3v) is 2.68. The van der Waals surface area contributed by atoms with E-state index in [0.717, 1.165) is 30.3 Å². The smallest absolute Gasteiger partial charge is 0.416 e. The normalized spacial score (nSPS) is 11.0. The fourth-order valence-electron chi connectivity index (χ4n) is 1.68. The molecule has 2 aromatic rings. The van der Waals surface area contributed by atoms with Crippen LogP contribution in [0.15, 0.2) is 42.5 Å². The monoisotopic (exact) mass is 312 g/mol. The van der Waals surface area contributed by atoms with E-state index in [-0.39, 0.29) is 22.9 Å². The van der Waals surface area contributed by atoms with Gasteiger partial charge in [-0.2, -0.15) is 13.2 Å². The van der Waals surface area contributed by atoms with Gasteiger partial charge in [-0.05, 0) is 30.3 Å². The highest BCUT2D eigenvalue weighted by molar-refractivity contribution is 6.00. The van der Waals surface area contributed by atoms with Gasteiger partial charge in [0, 0.05) is 11.8 Å². The number of amides is 2. The minimum absolute atomic E-state index is 0.0630. The van der Waals surface area contributed by atoms with E-state index in [0.29, 0.717) is 0 Å². The van der Waals surface area contributed by atoms with E-state index in [9.17, 15) is 28.2 Å². The maximum atomic E-state index is 12.6. The van der Waals surface area contributed by atoms with Crippen molar-refractivity contribution in [2.45, 2.75) is 6.18 Å². The number of carbonyl (C=O) groups is 1. The Morgan fingerprint density at radius 2 is 1.73 bits per heavy atom. The number of alkyl halides is 3. The van der Waals surface area contributed by atoms with E-state index in [1.165, 1.54) is 12.1 Å². The molecule has 2 aromatic carbocycles. The van der Waals surface area contributed by atoms with Crippen LogP contribution >= 0.6 is 0 Å². The van der Waals surface area contributed by atoms with Gasteiger partial charge in [0.25, 0.3) is 0 Å². The molecule has 0 aliphatic rings. The van der Waals surface area contributed by atoms with Gasteiger partial charge >= 0.3 is 12.2 Å². The Kier molecular flexibility index (Phi) is 4.11. The van der Waals surface area contributed by atoms with Crippen molar-refractivity contribution >= 4 is 17.4 Å². The first kappa shape index (κ1) is 15.5. The van der Waals surface area contributed by atoms with Crippen molar-refractivity contribution in [3.05, 3.63) is 48.0 Å². The van der Waals surface area contributed by atoms with E-state index in [1.54, 1.807) is 0 Å². The zero-order chi connectivity index (χ0) is 16.3. The molecule has 0 aromatic heterocycles. The van der Waals surface area contributed by atoms with Crippen LogP contribution in [-0.2, 0) is 6.18 Å². The molecule has 116 valence electrons. The molecule has 0 saturated carbocycles. The van der Waals surface area contributed by atoms with Crippen molar-refractivity contribution in [1.29, 1.82) is 0 Å². The van der Waals surface area contributed by atoms with Crippen LogP contribution in [0.2, 0.25) is 0 Å². The van der Waals surface area contributed by atoms with Gasteiger partial charge in [0.15, 0.2) is 0 Å². The maximum absolute atomic E-state index is 12.6. The summed E-state index contributed by atoms with van der Waals surface area (Å²) in [7, 11) is 0. The average Bonchev–Trinajstić information content (AvgIpc) is 2.42. The van der Waals surface area contributed by atoms with Gasteiger partial charge in [-0.25, -0.2) is 4.79 Å². The number of rotatable bonds is 2. The van der Waals surface area contributed by atoms with Gasteiger partial charge in [0.2, 0.25) is 0 Å². The van der Waals surface area contributed by atoms with E-state index < -0.39 is 17.8 Å². The highest BCUT2D eigenvalue weighted by Crippen LogP contribution is 2.31. The lowest BCUT2D eigenvalue weighted by Crippen LogP contribution is -2.19. The maximum Gasteiger partial charge on any atom is 0.416 e. The molecule has 5 nitrogen and oxygen atoms in total. The molecular formula is C14H11F3N2O3. The largest absolute Gasteiger partial charge is 0.508 e. The zero-order valence-electron chi connectivity index (χ0n) is 11.0. The minimum Gasteiger partial charge on any atom is -0.508 e. The Morgan fingerprint density at radius 3 is 2.41 bits per heavy atom. The first-order chi connectivity index (χ1) is 10.3. The summed E-state index contributed by atoms with van der Waals surface area (Å²) in [6.45, 7) is 0. The number of anilines is 2. The fourth-order valence-corrected chi connectivity index (χ4v) is 1.68. The van der Waals surface area contributed by atoms with Crippen LogP contribution in [0.1, 0.15) is 5.56 Å². The molecule has 0 unspecified atom stereocenters. The minimum atomic E-state index is -4.52. The number of halogens is 3. The van der Waals surface area contributed by atoms with Gasteiger partial charge in [-0.3, -0.25) is 0 Å². The van der Waals surface area contributed by atoms with Crippen molar-refractivity contribution in [2.75, 3.05) is 10.6 Å². The molecule has 0 spiro atoms. The standard InChI is InChI=1S/C14H11F3N2O3/c15-14(16,17)8-2-1-3-9(6-8)18-13(22)19-11-7-10(20)4-5-12(11)21/h1-7,20-21H,(H2,18,19,22). The zero-order valence-corrected chi connectivity index (χ0v) is 11.0. The Labute approximate surface area is 123 Å². The summed E-state index contributed by atoms with van der Waals surface area (Å²) in [4.78, 5) is 11.7. The number of phenols is 2. The van der Waals surface area contributed by atoms with Crippen molar-refractivity contribution in [2.24, 2.45) is 0 Å². The summed E-state index contributed by atoms with van der Waals surface area (Å²) >= 11 is 0. The van der Waals surface area contributed by atoms with E-state index >= 15 is 0 Å². The number of hydrogen-bond acceptors (Lipinski definition) is 3. The van der Waals surface area contributed by atoms with Gasteiger partial charge in [-0.1, -0.05) is 6.07 Å². The average molecular weight is 312 g/mol. The van der Waals surface area contributed by atoms with Crippen LogP contribution in [0.5, 0.6) is 11.5 Å². The Bertz CT molecular complexity index is 702. The second-order valence-corrected chi connectivity index (χ2v) is 4.36. The number of benzene rings is 2.